The molecule has 0 spiro atoms. The van der Waals surface area contributed by atoms with Gasteiger partial charge in [-0.2, -0.15) is 11.8 Å². The van der Waals surface area contributed by atoms with Crippen LogP contribution in [0, 0.1) is 6.92 Å². The van der Waals surface area contributed by atoms with Gasteiger partial charge >= 0.3 is 5.97 Å². The fourth-order valence-corrected chi connectivity index (χ4v) is 3.98. The van der Waals surface area contributed by atoms with Crippen LogP contribution < -0.4 is 0 Å². The molecule has 1 atom stereocenters. The van der Waals surface area contributed by atoms with Crippen LogP contribution in [0.2, 0.25) is 0 Å². The van der Waals surface area contributed by atoms with Gasteiger partial charge in [0.05, 0.1) is 6.10 Å². The SMILES string of the molecule is Cc1sc(C(=O)O)cc1CSCC1CCCO1. The third-order valence-electron chi connectivity index (χ3n) is 2.82. The maximum absolute atomic E-state index is 10.8. The Kier molecular flexibility index (Phi) is 4.48. The molecule has 2 heterocycles. The van der Waals surface area contributed by atoms with E-state index in [1.807, 2.05) is 18.7 Å². The first-order valence-corrected chi connectivity index (χ1v) is 7.66. The summed E-state index contributed by atoms with van der Waals surface area (Å²) in [5.41, 5.74) is 1.15. The Balaban J connectivity index is 1.83. The van der Waals surface area contributed by atoms with Crippen LogP contribution in [0.3, 0.4) is 0 Å². The highest BCUT2D eigenvalue weighted by molar-refractivity contribution is 7.98. The molecular weight excluding hydrogens is 256 g/mol. The summed E-state index contributed by atoms with van der Waals surface area (Å²) in [6, 6.07) is 1.80. The van der Waals surface area contributed by atoms with Gasteiger partial charge in [-0.15, -0.1) is 11.3 Å². The predicted octanol–water partition coefficient (Wildman–Crippen LogP) is 3.17. The lowest BCUT2D eigenvalue weighted by Crippen LogP contribution is -2.07. The number of thiophene rings is 1. The Bertz CT molecular complexity index is 394. The zero-order valence-corrected chi connectivity index (χ0v) is 11.4. The number of carboxylic acid groups (broad SMARTS) is 1. The highest BCUT2D eigenvalue weighted by Gasteiger charge is 2.16. The van der Waals surface area contributed by atoms with Crippen molar-refractivity contribution in [2.24, 2.45) is 0 Å². The number of hydrogen-bond donors (Lipinski definition) is 1. The molecule has 0 bridgehead atoms. The third kappa shape index (κ3) is 3.47. The Hall–Kier alpha value is -0.520. The summed E-state index contributed by atoms with van der Waals surface area (Å²) in [5, 5.41) is 8.90. The smallest absolute Gasteiger partial charge is 0.345 e. The Labute approximate surface area is 109 Å². The van der Waals surface area contributed by atoms with Gasteiger partial charge < -0.3 is 9.84 Å². The van der Waals surface area contributed by atoms with Gasteiger partial charge in [-0.1, -0.05) is 0 Å². The predicted molar refractivity (Wildman–Crippen MR) is 71.2 cm³/mol. The minimum Gasteiger partial charge on any atom is -0.477 e. The number of aryl methyl sites for hydroxylation is 1. The Morgan fingerprint density at radius 2 is 2.53 bits per heavy atom. The normalized spacial score (nSPS) is 19.7. The van der Waals surface area contributed by atoms with E-state index in [1.165, 1.54) is 17.8 Å². The standard InChI is InChI=1S/C12H16O3S2/c1-8-9(5-11(17-8)12(13)14)6-16-7-10-3-2-4-15-10/h5,10H,2-4,6-7H2,1H3,(H,13,14). The van der Waals surface area contributed by atoms with Gasteiger partial charge in [0.25, 0.3) is 0 Å². The molecule has 0 radical (unpaired) electrons. The molecule has 17 heavy (non-hydrogen) atoms. The summed E-state index contributed by atoms with van der Waals surface area (Å²) in [4.78, 5) is 12.4. The number of ether oxygens (including phenoxy) is 1. The van der Waals surface area contributed by atoms with Crippen LogP contribution in [0.15, 0.2) is 6.07 Å². The molecule has 0 aliphatic carbocycles. The highest BCUT2D eigenvalue weighted by Crippen LogP contribution is 2.27. The molecule has 5 heteroatoms. The van der Waals surface area contributed by atoms with E-state index >= 15 is 0 Å². The minimum absolute atomic E-state index is 0.401. The van der Waals surface area contributed by atoms with Crippen molar-refractivity contribution < 1.29 is 14.6 Å². The van der Waals surface area contributed by atoms with Gasteiger partial charge in [0, 0.05) is 23.0 Å². The van der Waals surface area contributed by atoms with Crippen molar-refractivity contribution in [1.82, 2.24) is 0 Å². The second-order valence-electron chi connectivity index (χ2n) is 4.15. The van der Waals surface area contributed by atoms with Gasteiger partial charge in [0.15, 0.2) is 0 Å². The summed E-state index contributed by atoms with van der Waals surface area (Å²) in [6.45, 7) is 2.88. The van der Waals surface area contributed by atoms with Crippen LogP contribution in [-0.4, -0.2) is 29.5 Å². The van der Waals surface area contributed by atoms with Crippen molar-refractivity contribution in [1.29, 1.82) is 0 Å². The van der Waals surface area contributed by atoms with E-state index in [2.05, 4.69) is 0 Å². The van der Waals surface area contributed by atoms with E-state index in [4.69, 9.17) is 9.84 Å². The van der Waals surface area contributed by atoms with Crippen molar-refractivity contribution in [3.63, 3.8) is 0 Å². The molecular formula is C12H16O3S2. The van der Waals surface area contributed by atoms with Crippen molar-refractivity contribution in [3.8, 4) is 0 Å². The molecule has 1 unspecified atom stereocenters. The summed E-state index contributed by atoms with van der Waals surface area (Å²) in [5.74, 6) is 1.07. The van der Waals surface area contributed by atoms with E-state index in [0.717, 1.165) is 35.0 Å². The molecule has 2 rings (SSSR count). The monoisotopic (exact) mass is 272 g/mol. The molecule has 1 aliphatic heterocycles. The van der Waals surface area contributed by atoms with Crippen LogP contribution >= 0.6 is 23.1 Å². The second kappa shape index (κ2) is 5.89. The van der Waals surface area contributed by atoms with Crippen molar-refractivity contribution >= 4 is 29.1 Å². The summed E-state index contributed by atoms with van der Waals surface area (Å²) in [7, 11) is 0. The Morgan fingerprint density at radius 1 is 1.71 bits per heavy atom. The topological polar surface area (TPSA) is 46.5 Å². The number of aromatic carboxylic acids is 1. The molecule has 0 aromatic carbocycles. The molecule has 1 saturated heterocycles. The minimum atomic E-state index is -0.825. The molecule has 1 fully saturated rings. The van der Waals surface area contributed by atoms with Gasteiger partial charge in [-0.3, -0.25) is 0 Å². The van der Waals surface area contributed by atoms with Crippen LogP contribution in [0.1, 0.15) is 33.0 Å². The van der Waals surface area contributed by atoms with Crippen molar-refractivity contribution in [2.45, 2.75) is 31.6 Å². The average Bonchev–Trinajstić information content (AvgIpc) is 2.89. The lowest BCUT2D eigenvalue weighted by Gasteiger charge is -2.08. The quantitative estimate of drug-likeness (QED) is 0.894. The molecule has 1 aromatic rings. The van der Waals surface area contributed by atoms with Crippen LogP contribution in [0.4, 0.5) is 0 Å². The molecule has 3 nitrogen and oxygen atoms in total. The van der Waals surface area contributed by atoms with Crippen LogP contribution in [0.5, 0.6) is 0 Å². The van der Waals surface area contributed by atoms with E-state index in [1.54, 1.807) is 6.07 Å². The van der Waals surface area contributed by atoms with Gasteiger partial charge in [-0.25, -0.2) is 4.79 Å². The lowest BCUT2D eigenvalue weighted by atomic mass is 10.3. The van der Waals surface area contributed by atoms with E-state index in [9.17, 15) is 4.79 Å². The third-order valence-corrected chi connectivity index (χ3v) is 5.02. The van der Waals surface area contributed by atoms with E-state index in [-0.39, 0.29) is 0 Å². The summed E-state index contributed by atoms with van der Waals surface area (Å²) < 4.78 is 5.55. The number of hydrogen-bond acceptors (Lipinski definition) is 4. The molecule has 1 N–H and O–H groups in total. The van der Waals surface area contributed by atoms with Gasteiger partial charge in [0.2, 0.25) is 0 Å². The molecule has 1 aliphatic rings. The zero-order chi connectivity index (χ0) is 12.3. The first-order valence-electron chi connectivity index (χ1n) is 5.69. The zero-order valence-electron chi connectivity index (χ0n) is 9.77. The van der Waals surface area contributed by atoms with Gasteiger partial charge in [-0.05, 0) is 31.4 Å². The Morgan fingerprint density at radius 3 is 3.12 bits per heavy atom. The van der Waals surface area contributed by atoms with Crippen LogP contribution in [-0.2, 0) is 10.5 Å². The molecule has 0 amide bonds. The number of thioether (sulfide) groups is 1. The fourth-order valence-electron chi connectivity index (χ4n) is 1.84. The largest absolute Gasteiger partial charge is 0.477 e. The van der Waals surface area contributed by atoms with E-state index < -0.39 is 5.97 Å². The molecule has 1 aromatic heterocycles. The number of rotatable bonds is 5. The van der Waals surface area contributed by atoms with Crippen molar-refractivity contribution in [3.05, 3.63) is 21.4 Å². The van der Waals surface area contributed by atoms with Gasteiger partial charge in [0.1, 0.15) is 4.88 Å². The highest BCUT2D eigenvalue weighted by atomic mass is 32.2. The maximum atomic E-state index is 10.8. The fraction of sp³-hybridized carbons (Fsp3) is 0.583. The molecule has 94 valence electrons. The van der Waals surface area contributed by atoms with Crippen LogP contribution in [0.25, 0.3) is 0 Å². The summed E-state index contributed by atoms with van der Waals surface area (Å²) >= 11 is 3.19. The molecule has 0 saturated carbocycles. The second-order valence-corrected chi connectivity index (χ2v) is 6.43. The first kappa shape index (κ1) is 12.9. The number of carbonyl (C=O) groups is 1. The maximum Gasteiger partial charge on any atom is 0.345 e. The lowest BCUT2D eigenvalue weighted by molar-refractivity contribution is 0.0702. The summed E-state index contributed by atoms with van der Waals surface area (Å²) in [6.07, 6.45) is 2.74. The first-order chi connectivity index (χ1) is 8.16. The van der Waals surface area contributed by atoms with Crippen molar-refractivity contribution in [2.75, 3.05) is 12.4 Å². The number of carboxylic acids is 1. The van der Waals surface area contributed by atoms with E-state index in [0.29, 0.717) is 11.0 Å². The average molecular weight is 272 g/mol.